The summed E-state index contributed by atoms with van der Waals surface area (Å²) in [5.41, 5.74) is -2.50. The summed E-state index contributed by atoms with van der Waals surface area (Å²) in [6, 6.07) is 3.07. The van der Waals surface area contributed by atoms with Gasteiger partial charge < -0.3 is 14.4 Å². The Morgan fingerprint density at radius 1 is 1.38 bits per heavy atom. The van der Waals surface area contributed by atoms with E-state index in [1.807, 2.05) is 0 Å². The first-order valence-electron chi connectivity index (χ1n) is 9.26. The summed E-state index contributed by atoms with van der Waals surface area (Å²) in [6.07, 6.45) is 4.22. The molecule has 1 aromatic heterocycles. The van der Waals surface area contributed by atoms with Crippen LogP contribution in [0.1, 0.15) is 32.1 Å². The zero-order valence-corrected chi connectivity index (χ0v) is 14.7. The fraction of sp³-hybridized carbons (Fsp3) is 0.722. The van der Waals surface area contributed by atoms with Gasteiger partial charge in [0.05, 0.1) is 32.4 Å². The molecule has 26 heavy (non-hydrogen) atoms. The van der Waals surface area contributed by atoms with Gasteiger partial charge in [0.15, 0.2) is 5.67 Å². The summed E-state index contributed by atoms with van der Waals surface area (Å²) in [5, 5.41) is 4.07. The summed E-state index contributed by atoms with van der Waals surface area (Å²) in [6.45, 7) is 1.86. The van der Waals surface area contributed by atoms with Crippen LogP contribution >= 0.6 is 0 Å². The molecule has 1 amide bonds. The highest BCUT2D eigenvalue weighted by atomic mass is 19.1. The number of hydrogen-bond acceptors (Lipinski definition) is 5. The van der Waals surface area contributed by atoms with E-state index in [0.717, 1.165) is 12.8 Å². The number of aromatic nitrogens is 2. The van der Waals surface area contributed by atoms with Crippen LogP contribution in [0.3, 0.4) is 0 Å². The molecule has 1 saturated carbocycles. The molecule has 3 aliphatic rings. The van der Waals surface area contributed by atoms with Gasteiger partial charge in [0.1, 0.15) is 5.60 Å². The predicted molar refractivity (Wildman–Crippen MR) is 90.4 cm³/mol. The lowest BCUT2D eigenvalue weighted by atomic mass is 9.80. The van der Waals surface area contributed by atoms with Crippen LogP contribution in [0.5, 0.6) is 0 Å². The zero-order chi connectivity index (χ0) is 18.2. The van der Waals surface area contributed by atoms with E-state index in [1.54, 1.807) is 17.2 Å². The van der Waals surface area contributed by atoms with Crippen molar-refractivity contribution in [2.45, 2.75) is 56.0 Å². The summed E-state index contributed by atoms with van der Waals surface area (Å²) in [5.74, 6) is -0.429. The van der Waals surface area contributed by atoms with Gasteiger partial charge in [-0.25, -0.2) is 9.07 Å². The number of nitrogens with zero attached hydrogens (tertiary/aromatic N) is 3. The molecule has 3 heterocycles. The van der Waals surface area contributed by atoms with Crippen LogP contribution < -0.4 is 5.56 Å². The first kappa shape index (κ1) is 17.6. The van der Waals surface area contributed by atoms with Gasteiger partial charge in [0, 0.05) is 18.8 Å². The minimum Gasteiger partial charge on any atom is -0.377 e. The van der Waals surface area contributed by atoms with Crippen LogP contribution in [0.15, 0.2) is 23.1 Å². The first-order valence-corrected chi connectivity index (χ1v) is 9.26. The van der Waals surface area contributed by atoms with Crippen LogP contribution in [0.25, 0.3) is 0 Å². The maximum absolute atomic E-state index is 14.6. The van der Waals surface area contributed by atoms with Gasteiger partial charge in [-0.2, -0.15) is 5.10 Å². The first-order chi connectivity index (χ1) is 12.5. The number of alkyl halides is 1. The molecule has 1 aliphatic carbocycles. The van der Waals surface area contributed by atoms with Crippen LogP contribution in [0, 0.1) is 0 Å². The van der Waals surface area contributed by atoms with Gasteiger partial charge in [-0.15, -0.1) is 0 Å². The number of carbonyl (C=O) groups excluding carboxylic acids is 1. The van der Waals surface area contributed by atoms with Crippen molar-refractivity contribution in [3.05, 3.63) is 28.7 Å². The molecule has 3 fully saturated rings. The topological polar surface area (TPSA) is 73.7 Å². The van der Waals surface area contributed by atoms with Crippen molar-refractivity contribution < 1.29 is 18.7 Å². The van der Waals surface area contributed by atoms with E-state index in [4.69, 9.17) is 9.47 Å². The van der Waals surface area contributed by atoms with Crippen LogP contribution in [-0.4, -0.2) is 64.3 Å². The van der Waals surface area contributed by atoms with E-state index in [-0.39, 0.29) is 11.7 Å². The Morgan fingerprint density at radius 3 is 2.96 bits per heavy atom. The highest BCUT2D eigenvalue weighted by molar-refractivity contribution is 5.86. The Kier molecular flexibility index (Phi) is 4.56. The molecule has 0 aromatic carbocycles. The van der Waals surface area contributed by atoms with Crippen LogP contribution in [0.2, 0.25) is 0 Å². The molecule has 4 rings (SSSR count). The fourth-order valence-corrected chi connectivity index (χ4v) is 4.03. The van der Waals surface area contributed by atoms with E-state index in [2.05, 4.69) is 5.10 Å². The van der Waals surface area contributed by atoms with E-state index < -0.39 is 17.2 Å². The molecular weight excluding hydrogens is 341 g/mol. The van der Waals surface area contributed by atoms with E-state index in [1.165, 1.54) is 10.7 Å². The number of halogens is 1. The SMILES string of the molecule is O=C(N1CCOC[C@]2(CCC(Cn3ncccc3=O)O2)C1)C1(F)CCC1. The summed E-state index contributed by atoms with van der Waals surface area (Å²) >= 11 is 0. The van der Waals surface area contributed by atoms with Crippen molar-refractivity contribution in [2.75, 3.05) is 26.3 Å². The lowest BCUT2D eigenvalue weighted by molar-refractivity contribution is -0.154. The maximum atomic E-state index is 14.6. The quantitative estimate of drug-likeness (QED) is 0.796. The molecule has 8 heteroatoms. The summed E-state index contributed by atoms with van der Waals surface area (Å²) < 4.78 is 27.9. The standard InChI is InChI=1S/C18H24FN3O4/c19-18(5-2-6-18)16(24)21-9-10-25-13-17(12-21)7-4-14(26-17)11-22-15(23)3-1-8-20-22/h1,3,8,14H,2,4-7,9-13H2/t14?,17-/m0/s1. The largest absolute Gasteiger partial charge is 0.377 e. The number of ether oxygens (including phenoxy) is 2. The minimum absolute atomic E-state index is 0.171. The zero-order valence-electron chi connectivity index (χ0n) is 14.7. The molecule has 1 spiro atoms. The molecule has 0 bridgehead atoms. The average molecular weight is 365 g/mol. The number of rotatable bonds is 3. The van der Waals surface area contributed by atoms with Gasteiger partial charge >= 0.3 is 0 Å². The summed E-state index contributed by atoms with van der Waals surface area (Å²) in [7, 11) is 0. The lowest BCUT2D eigenvalue weighted by Crippen LogP contribution is -2.55. The van der Waals surface area contributed by atoms with Gasteiger partial charge in [-0.3, -0.25) is 9.59 Å². The fourth-order valence-electron chi connectivity index (χ4n) is 4.03. The van der Waals surface area contributed by atoms with Gasteiger partial charge in [0.2, 0.25) is 0 Å². The second-order valence-corrected chi connectivity index (χ2v) is 7.60. The van der Waals surface area contributed by atoms with Gasteiger partial charge in [-0.05, 0) is 38.2 Å². The van der Waals surface area contributed by atoms with Crippen molar-refractivity contribution in [2.24, 2.45) is 0 Å². The van der Waals surface area contributed by atoms with E-state index in [0.29, 0.717) is 52.1 Å². The third-order valence-corrected chi connectivity index (χ3v) is 5.67. The van der Waals surface area contributed by atoms with Gasteiger partial charge in [0.25, 0.3) is 11.5 Å². The highest BCUT2D eigenvalue weighted by Gasteiger charge is 2.50. The smallest absolute Gasteiger partial charge is 0.266 e. The van der Waals surface area contributed by atoms with Crippen molar-refractivity contribution >= 4 is 5.91 Å². The normalized spacial score (nSPS) is 30.8. The maximum Gasteiger partial charge on any atom is 0.266 e. The Morgan fingerprint density at radius 2 is 2.23 bits per heavy atom. The monoisotopic (exact) mass is 365 g/mol. The number of amides is 1. The Labute approximate surface area is 151 Å². The molecule has 142 valence electrons. The molecule has 1 aromatic rings. The number of hydrogen-bond donors (Lipinski definition) is 0. The Balaban J connectivity index is 1.45. The second kappa shape index (κ2) is 6.74. The molecular formula is C18H24FN3O4. The Hall–Kier alpha value is -1.80. The highest BCUT2D eigenvalue weighted by Crippen LogP contribution is 2.39. The lowest BCUT2D eigenvalue weighted by Gasteiger charge is -2.39. The van der Waals surface area contributed by atoms with Crippen LogP contribution in [-0.2, 0) is 20.8 Å². The predicted octanol–water partition coefficient (Wildman–Crippen LogP) is 0.912. The average Bonchev–Trinajstić information content (AvgIpc) is 2.86. The van der Waals surface area contributed by atoms with Crippen molar-refractivity contribution in [1.82, 2.24) is 14.7 Å². The minimum atomic E-state index is -1.70. The molecule has 2 saturated heterocycles. The van der Waals surface area contributed by atoms with Crippen molar-refractivity contribution in [1.29, 1.82) is 0 Å². The van der Waals surface area contributed by atoms with Crippen LogP contribution in [0.4, 0.5) is 4.39 Å². The summed E-state index contributed by atoms with van der Waals surface area (Å²) in [4.78, 5) is 26.0. The van der Waals surface area contributed by atoms with Crippen molar-refractivity contribution in [3.63, 3.8) is 0 Å². The molecule has 7 nitrogen and oxygen atoms in total. The molecule has 2 atom stereocenters. The Bertz CT molecular complexity index is 735. The molecule has 0 radical (unpaired) electrons. The third kappa shape index (κ3) is 3.27. The van der Waals surface area contributed by atoms with E-state index >= 15 is 0 Å². The molecule has 2 aliphatic heterocycles. The third-order valence-electron chi connectivity index (χ3n) is 5.67. The van der Waals surface area contributed by atoms with Gasteiger partial charge in [-0.1, -0.05) is 0 Å². The molecule has 1 unspecified atom stereocenters. The van der Waals surface area contributed by atoms with E-state index in [9.17, 15) is 14.0 Å². The number of carbonyl (C=O) groups is 1. The second-order valence-electron chi connectivity index (χ2n) is 7.60. The van der Waals surface area contributed by atoms with Crippen molar-refractivity contribution in [3.8, 4) is 0 Å². The molecule has 0 N–H and O–H groups in total.